The van der Waals surface area contributed by atoms with Crippen molar-refractivity contribution in [2.24, 2.45) is 11.3 Å². The molecule has 1 aliphatic heterocycles. The zero-order valence-corrected chi connectivity index (χ0v) is 13.3. The second kappa shape index (κ2) is 5.28. The number of hydrogen-bond acceptors (Lipinski definition) is 1. The number of benzene rings is 1. The molecular weight excluding hydrogens is 289 g/mol. The van der Waals surface area contributed by atoms with E-state index in [9.17, 15) is 9.18 Å². The molecule has 3 rings (SSSR count). The first-order valence-electron chi connectivity index (χ1n) is 7.65. The maximum Gasteiger partial charge on any atom is 0.224 e. The predicted octanol–water partition coefficient (Wildman–Crippen LogP) is 4.82. The van der Waals surface area contributed by atoms with Crippen LogP contribution in [0.3, 0.4) is 0 Å². The summed E-state index contributed by atoms with van der Waals surface area (Å²) >= 11 is 6.65. The lowest BCUT2D eigenvalue weighted by atomic mass is 9.78. The van der Waals surface area contributed by atoms with Crippen molar-refractivity contribution in [3.05, 3.63) is 29.1 Å². The van der Waals surface area contributed by atoms with Crippen LogP contribution >= 0.6 is 11.6 Å². The first kappa shape index (κ1) is 14.8. The highest BCUT2D eigenvalue weighted by Gasteiger charge is 2.40. The molecule has 2 nitrogen and oxygen atoms in total. The number of amides is 1. The Kier molecular flexibility index (Phi) is 3.73. The summed E-state index contributed by atoms with van der Waals surface area (Å²) in [5.74, 6) is -0.0578. The summed E-state index contributed by atoms with van der Waals surface area (Å²) in [5, 5.41) is 2.43. The summed E-state index contributed by atoms with van der Waals surface area (Å²) < 4.78 is 14.4. The van der Waals surface area contributed by atoms with E-state index in [0.717, 1.165) is 24.8 Å². The van der Waals surface area contributed by atoms with Crippen molar-refractivity contribution in [2.75, 3.05) is 5.32 Å². The topological polar surface area (TPSA) is 29.1 Å². The summed E-state index contributed by atoms with van der Waals surface area (Å²) in [6, 6.07) is 3.29. The van der Waals surface area contributed by atoms with E-state index in [2.05, 4.69) is 19.2 Å². The van der Waals surface area contributed by atoms with Crippen molar-refractivity contribution in [3.63, 3.8) is 0 Å². The van der Waals surface area contributed by atoms with Crippen LogP contribution in [0.5, 0.6) is 0 Å². The van der Waals surface area contributed by atoms with Gasteiger partial charge in [0, 0.05) is 17.7 Å². The van der Waals surface area contributed by atoms with Crippen molar-refractivity contribution >= 4 is 23.2 Å². The molecule has 1 heterocycles. The molecule has 2 aliphatic rings. The molecule has 1 aromatic rings. The molecule has 114 valence electrons. The van der Waals surface area contributed by atoms with Gasteiger partial charge in [-0.05, 0) is 48.3 Å². The average Bonchev–Trinajstić information content (AvgIpc) is 2.76. The van der Waals surface area contributed by atoms with Crippen LogP contribution in [0.2, 0.25) is 0 Å². The van der Waals surface area contributed by atoms with Gasteiger partial charge in [0.05, 0.1) is 5.38 Å². The molecule has 0 saturated heterocycles. The first-order chi connectivity index (χ1) is 9.88. The van der Waals surface area contributed by atoms with Gasteiger partial charge in [-0.2, -0.15) is 0 Å². The van der Waals surface area contributed by atoms with Crippen LogP contribution in [-0.2, 0) is 11.2 Å². The van der Waals surface area contributed by atoms with Gasteiger partial charge >= 0.3 is 0 Å². The minimum atomic E-state index is -0.307. The molecule has 0 bridgehead atoms. The van der Waals surface area contributed by atoms with Gasteiger partial charge in [0.1, 0.15) is 5.82 Å². The number of alkyl halides is 1. The molecule has 2 unspecified atom stereocenters. The minimum Gasteiger partial charge on any atom is -0.326 e. The van der Waals surface area contributed by atoms with Gasteiger partial charge in [-0.3, -0.25) is 4.79 Å². The van der Waals surface area contributed by atoms with Crippen LogP contribution in [-0.4, -0.2) is 5.91 Å². The number of carbonyl (C=O) groups excluding carboxylic acids is 1. The lowest BCUT2D eigenvalue weighted by molar-refractivity contribution is -0.116. The van der Waals surface area contributed by atoms with Gasteiger partial charge in [0.25, 0.3) is 0 Å². The van der Waals surface area contributed by atoms with E-state index in [1.165, 1.54) is 6.07 Å². The Morgan fingerprint density at radius 1 is 1.38 bits per heavy atom. The van der Waals surface area contributed by atoms with Crippen molar-refractivity contribution in [3.8, 4) is 0 Å². The number of halogens is 2. The Labute approximate surface area is 130 Å². The molecule has 21 heavy (non-hydrogen) atoms. The van der Waals surface area contributed by atoms with E-state index in [4.69, 9.17) is 11.6 Å². The highest BCUT2D eigenvalue weighted by Crippen LogP contribution is 2.51. The largest absolute Gasteiger partial charge is 0.326 e. The van der Waals surface area contributed by atoms with Crippen LogP contribution in [0.25, 0.3) is 0 Å². The number of fused-ring (bicyclic) bond motifs is 1. The van der Waals surface area contributed by atoms with Crippen molar-refractivity contribution in [1.29, 1.82) is 0 Å². The lowest BCUT2D eigenvalue weighted by Gasteiger charge is -2.31. The summed E-state index contributed by atoms with van der Waals surface area (Å²) in [6.07, 6.45) is 4.47. The summed E-state index contributed by atoms with van der Waals surface area (Å²) in [4.78, 5) is 11.4. The third-order valence-electron chi connectivity index (χ3n) is 5.11. The number of anilines is 1. The third kappa shape index (κ3) is 2.68. The van der Waals surface area contributed by atoms with Gasteiger partial charge in [0.2, 0.25) is 5.91 Å². The predicted molar refractivity (Wildman–Crippen MR) is 83.1 cm³/mol. The van der Waals surface area contributed by atoms with E-state index in [0.29, 0.717) is 30.0 Å². The monoisotopic (exact) mass is 309 g/mol. The minimum absolute atomic E-state index is 0.0472. The molecule has 1 aromatic carbocycles. The van der Waals surface area contributed by atoms with Gasteiger partial charge in [0.15, 0.2) is 0 Å². The summed E-state index contributed by atoms with van der Waals surface area (Å²) in [6.45, 7) is 4.44. The smallest absolute Gasteiger partial charge is 0.224 e. The van der Waals surface area contributed by atoms with Gasteiger partial charge in [-0.1, -0.05) is 20.3 Å². The van der Waals surface area contributed by atoms with Crippen LogP contribution in [0.15, 0.2) is 12.1 Å². The molecule has 1 amide bonds. The van der Waals surface area contributed by atoms with Gasteiger partial charge in [-0.25, -0.2) is 4.39 Å². The van der Waals surface area contributed by atoms with E-state index < -0.39 is 0 Å². The second-order valence-electron chi connectivity index (χ2n) is 6.97. The van der Waals surface area contributed by atoms with Crippen LogP contribution in [0.4, 0.5) is 10.1 Å². The van der Waals surface area contributed by atoms with E-state index in [1.54, 1.807) is 0 Å². The fourth-order valence-electron chi connectivity index (χ4n) is 3.75. The highest BCUT2D eigenvalue weighted by molar-refractivity contribution is 6.21. The molecule has 1 fully saturated rings. The Morgan fingerprint density at radius 3 is 2.81 bits per heavy atom. The molecule has 1 saturated carbocycles. The number of nitrogens with one attached hydrogen (secondary N) is 1. The normalized spacial score (nSPS) is 25.3. The lowest BCUT2D eigenvalue weighted by Crippen LogP contribution is -2.23. The maximum absolute atomic E-state index is 14.4. The zero-order chi connectivity index (χ0) is 15.2. The molecule has 0 radical (unpaired) electrons. The molecule has 4 heteroatoms. The Bertz CT molecular complexity index is 584. The second-order valence-corrected chi connectivity index (χ2v) is 7.44. The molecule has 0 aromatic heterocycles. The Balaban J connectivity index is 1.94. The fraction of sp³-hybridized carbons (Fsp3) is 0.588. The van der Waals surface area contributed by atoms with Crippen LogP contribution < -0.4 is 5.32 Å². The molecule has 1 aliphatic carbocycles. The third-order valence-corrected chi connectivity index (χ3v) is 5.65. The summed E-state index contributed by atoms with van der Waals surface area (Å²) in [7, 11) is 0. The number of hydrogen-bond donors (Lipinski definition) is 1. The van der Waals surface area contributed by atoms with Gasteiger partial charge in [-0.15, -0.1) is 11.6 Å². The van der Waals surface area contributed by atoms with Crippen LogP contribution in [0, 0.1) is 17.2 Å². The molecule has 1 N–H and O–H groups in total. The number of rotatable bonds is 2. The van der Waals surface area contributed by atoms with Crippen molar-refractivity contribution in [2.45, 2.75) is 51.3 Å². The number of aryl methyl sites for hydroxylation is 1. The van der Waals surface area contributed by atoms with Crippen molar-refractivity contribution < 1.29 is 9.18 Å². The molecule has 2 atom stereocenters. The standard InChI is InChI=1S/C17H21ClFNO/c1-17(2)7-3-4-12(17)16(18)11-8-10-5-6-15(21)20-14(10)9-13(11)19/h8-9,12,16H,3-7H2,1-2H3,(H,20,21). The SMILES string of the molecule is CC1(C)CCCC1C(Cl)c1cc2c(cc1F)NC(=O)CC2. The fourth-order valence-corrected chi connectivity index (χ4v) is 4.38. The quantitative estimate of drug-likeness (QED) is 0.780. The average molecular weight is 310 g/mol. The first-order valence-corrected chi connectivity index (χ1v) is 8.08. The molecule has 0 spiro atoms. The Morgan fingerprint density at radius 2 is 2.14 bits per heavy atom. The Hall–Kier alpha value is -1.09. The summed E-state index contributed by atoms with van der Waals surface area (Å²) in [5.41, 5.74) is 2.34. The van der Waals surface area contributed by atoms with E-state index in [1.807, 2.05) is 6.07 Å². The zero-order valence-electron chi connectivity index (χ0n) is 12.5. The highest BCUT2D eigenvalue weighted by atomic mass is 35.5. The molecular formula is C17H21ClFNO. The van der Waals surface area contributed by atoms with Crippen LogP contribution in [0.1, 0.15) is 56.0 Å². The van der Waals surface area contributed by atoms with Gasteiger partial charge < -0.3 is 5.32 Å². The maximum atomic E-state index is 14.4. The van der Waals surface area contributed by atoms with Crippen molar-refractivity contribution in [1.82, 2.24) is 0 Å². The van der Waals surface area contributed by atoms with E-state index >= 15 is 0 Å². The van der Waals surface area contributed by atoms with E-state index in [-0.39, 0.29) is 22.5 Å². The number of carbonyl (C=O) groups is 1.